The van der Waals surface area contributed by atoms with Crippen LogP contribution < -0.4 is 5.73 Å². The summed E-state index contributed by atoms with van der Waals surface area (Å²) < 4.78 is 0. The van der Waals surface area contributed by atoms with E-state index < -0.39 is 0 Å². The predicted octanol–water partition coefficient (Wildman–Crippen LogP) is 3.69. The van der Waals surface area contributed by atoms with Crippen molar-refractivity contribution in [3.05, 3.63) is 71.6 Å². The van der Waals surface area contributed by atoms with Gasteiger partial charge in [0.05, 0.1) is 0 Å². The Morgan fingerprint density at radius 1 is 0.900 bits per heavy atom. The van der Waals surface area contributed by atoms with E-state index in [4.69, 9.17) is 5.73 Å². The standard InChI is InChI=1S/C18H22NO/c19-13-5-4-8-17(16-6-2-1-3-7-16)14-15-9-11-18(20)12-10-15/h1-3,6-7,9-12,20H,4-5,8,13-14,19H2. The van der Waals surface area contributed by atoms with E-state index in [0.717, 1.165) is 32.2 Å². The highest BCUT2D eigenvalue weighted by Gasteiger charge is 2.12. The van der Waals surface area contributed by atoms with E-state index in [2.05, 4.69) is 24.3 Å². The summed E-state index contributed by atoms with van der Waals surface area (Å²) in [6.07, 6.45) is 4.18. The minimum atomic E-state index is 0.318. The number of phenols is 1. The molecule has 2 nitrogen and oxygen atoms in total. The molecule has 3 N–H and O–H groups in total. The van der Waals surface area contributed by atoms with Crippen molar-refractivity contribution in [1.82, 2.24) is 0 Å². The number of nitrogens with two attached hydrogens (primary N) is 1. The van der Waals surface area contributed by atoms with Crippen molar-refractivity contribution in [3.63, 3.8) is 0 Å². The molecular weight excluding hydrogens is 246 g/mol. The van der Waals surface area contributed by atoms with E-state index in [-0.39, 0.29) is 0 Å². The topological polar surface area (TPSA) is 46.2 Å². The van der Waals surface area contributed by atoms with Crippen LogP contribution >= 0.6 is 0 Å². The number of hydrogen-bond donors (Lipinski definition) is 2. The van der Waals surface area contributed by atoms with E-state index in [9.17, 15) is 5.11 Å². The van der Waals surface area contributed by atoms with Crippen LogP contribution in [0.5, 0.6) is 5.75 Å². The normalized spacial score (nSPS) is 10.9. The lowest BCUT2D eigenvalue weighted by Gasteiger charge is -2.17. The molecule has 0 saturated carbocycles. The molecular formula is C18H22NO. The fourth-order valence-corrected chi connectivity index (χ4v) is 2.35. The van der Waals surface area contributed by atoms with Crippen LogP contribution in [0.2, 0.25) is 0 Å². The molecule has 0 heterocycles. The molecule has 0 amide bonds. The van der Waals surface area contributed by atoms with Gasteiger partial charge in [-0.15, -0.1) is 0 Å². The van der Waals surface area contributed by atoms with Crippen molar-refractivity contribution in [2.45, 2.75) is 25.7 Å². The van der Waals surface area contributed by atoms with Gasteiger partial charge in [0.25, 0.3) is 0 Å². The van der Waals surface area contributed by atoms with Crippen molar-refractivity contribution in [3.8, 4) is 5.75 Å². The molecule has 0 saturated heterocycles. The second-order valence-electron chi connectivity index (χ2n) is 5.06. The molecule has 0 aliphatic rings. The molecule has 2 heteroatoms. The zero-order chi connectivity index (χ0) is 14.2. The van der Waals surface area contributed by atoms with Gasteiger partial charge < -0.3 is 10.8 Å². The number of benzene rings is 2. The fourth-order valence-electron chi connectivity index (χ4n) is 2.35. The van der Waals surface area contributed by atoms with Gasteiger partial charge in [-0.3, -0.25) is 0 Å². The maximum absolute atomic E-state index is 9.36. The first-order valence-corrected chi connectivity index (χ1v) is 7.17. The van der Waals surface area contributed by atoms with E-state index in [1.165, 1.54) is 17.0 Å². The predicted molar refractivity (Wildman–Crippen MR) is 83.5 cm³/mol. The minimum absolute atomic E-state index is 0.318. The summed E-state index contributed by atoms with van der Waals surface area (Å²) in [7, 11) is 0. The SMILES string of the molecule is NCCCC[C](Cc1ccc(O)cc1)c1ccccc1. The zero-order valence-corrected chi connectivity index (χ0v) is 11.8. The lowest BCUT2D eigenvalue weighted by atomic mass is 9.88. The van der Waals surface area contributed by atoms with Crippen molar-refractivity contribution in [2.75, 3.05) is 6.54 Å². The summed E-state index contributed by atoms with van der Waals surface area (Å²) in [5, 5.41) is 9.36. The van der Waals surface area contributed by atoms with Gasteiger partial charge in [-0.05, 0) is 49.1 Å². The van der Waals surface area contributed by atoms with Crippen molar-refractivity contribution >= 4 is 0 Å². The summed E-state index contributed by atoms with van der Waals surface area (Å²) in [6.45, 7) is 0.751. The van der Waals surface area contributed by atoms with Crippen LogP contribution in [0.4, 0.5) is 0 Å². The number of rotatable bonds is 7. The summed E-state index contributed by atoms with van der Waals surface area (Å²) in [6, 6.07) is 18.0. The van der Waals surface area contributed by atoms with Gasteiger partial charge in [0.1, 0.15) is 5.75 Å². The molecule has 2 rings (SSSR count). The molecule has 0 atom stereocenters. The Bertz CT molecular complexity index is 493. The summed E-state index contributed by atoms with van der Waals surface area (Å²) in [5.41, 5.74) is 8.12. The lowest BCUT2D eigenvalue weighted by molar-refractivity contribution is 0.475. The fraction of sp³-hybridized carbons (Fsp3) is 0.278. The Morgan fingerprint density at radius 2 is 1.60 bits per heavy atom. The van der Waals surface area contributed by atoms with Gasteiger partial charge in [-0.25, -0.2) is 0 Å². The molecule has 0 spiro atoms. The Hall–Kier alpha value is -1.80. The van der Waals surface area contributed by atoms with Gasteiger partial charge in [0.15, 0.2) is 0 Å². The number of unbranched alkanes of at least 4 members (excludes halogenated alkanes) is 1. The van der Waals surface area contributed by atoms with Gasteiger partial charge in [-0.1, -0.05) is 48.9 Å². The first-order valence-electron chi connectivity index (χ1n) is 7.17. The van der Waals surface area contributed by atoms with Gasteiger partial charge in [0, 0.05) is 5.92 Å². The van der Waals surface area contributed by atoms with Crippen LogP contribution in [0.25, 0.3) is 0 Å². The maximum Gasteiger partial charge on any atom is 0.115 e. The molecule has 0 unspecified atom stereocenters. The molecule has 0 aromatic heterocycles. The zero-order valence-electron chi connectivity index (χ0n) is 11.8. The Labute approximate surface area is 121 Å². The first-order chi connectivity index (χ1) is 9.79. The monoisotopic (exact) mass is 268 g/mol. The quantitative estimate of drug-likeness (QED) is 0.752. The first kappa shape index (κ1) is 14.6. The summed E-state index contributed by atoms with van der Waals surface area (Å²) in [4.78, 5) is 0. The van der Waals surface area contributed by atoms with Crippen LogP contribution in [-0.4, -0.2) is 11.7 Å². The molecule has 2 aromatic carbocycles. The maximum atomic E-state index is 9.36. The Balaban J connectivity index is 2.07. The average molecular weight is 268 g/mol. The van der Waals surface area contributed by atoms with Gasteiger partial charge >= 0.3 is 0 Å². The molecule has 0 bridgehead atoms. The van der Waals surface area contributed by atoms with Crippen molar-refractivity contribution < 1.29 is 5.11 Å². The van der Waals surface area contributed by atoms with Crippen LogP contribution in [0.3, 0.4) is 0 Å². The van der Waals surface area contributed by atoms with Crippen LogP contribution in [0.15, 0.2) is 54.6 Å². The van der Waals surface area contributed by atoms with Crippen LogP contribution in [0.1, 0.15) is 30.4 Å². The van der Waals surface area contributed by atoms with Gasteiger partial charge in [-0.2, -0.15) is 0 Å². The third-order valence-electron chi connectivity index (χ3n) is 3.47. The van der Waals surface area contributed by atoms with E-state index in [0.29, 0.717) is 5.75 Å². The molecule has 105 valence electrons. The van der Waals surface area contributed by atoms with Crippen LogP contribution in [-0.2, 0) is 6.42 Å². The molecule has 0 aliphatic heterocycles. The molecule has 0 fully saturated rings. The highest BCUT2D eigenvalue weighted by atomic mass is 16.3. The lowest BCUT2D eigenvalue weighted by Crippen LogP contribution is -2.06. The second kappa shape index (κ2) is 7.71. The molecule has 0 aliphatic carbocycles. The smallest absolute Gasteiger partial charge is 0.115 e. The molecule has 20 heavy (non-hydrogen) atoms. The molecule has 1 radical (unpaired) electrons. The van der Waals surface area contributed by atoms with E-state index >= 15 is 0 Å². The largest absolute Gasteiger partial charge is 0.508 e. The van der Waals surface area contributed by atoms with Crippen molar-refractivity contribution in [2.24, 2.45) is 5.73 Å². The molecule has 2 aromatic rings. The number of aromatic hydroxyl groups is 1. The Kier molecular flexibility index (Phi) is 5.63. The number of phenolic OH excluding ortho intramolecular Hbond substituents is 1. The van der Waals surface area contributed by atoms with E-state index in [1.807, 2.05) is 18.2 Å². The minimum Gasteiger partial charge on any atom is -0.508 e. The third-order valence-corrected chi connectivity index (χ3v) is 3.47. The van der Waals surface area contributed by atoms with Gasteiger partial charge in [0.2, 0.25) is 0 Å². The summed E-state index contributed by atoms with van der Waals surface area (Å²) >= 11 is 0. The summed E-state index contributed by atoms with van der Waals surface area (Å²) in [5.74, 6) is 1.75. The highest BCUT2D eigenvalue weighted by molar-refractivity contribution is 5.35. The average Bonchev–Trinajstić information content (AvgIpc) is 2.49. The Morgan fingerprint density at radius 3 is 2.25 bits per heavy atom. The third kappa shape index (κ3) is 4.39. The highest BCUT2D eigenvalue weighted by Crippen LogP contribution is 2.26. The second-order valence-corrected chi connectivity index (χ2v) is 5.06. The van der Waals surface area contributed by atoms with Crippen LogP contribution in [0, 0.1) is 5.92 Å². The van der Waals surface area contributed by atoms with E-state index in [1.54, 1.807) is 12.1 Å². The number of hydrogen-bond acceptors (Lipinski definition) is 2. The van der Waals surface area contributed by atoms with Crippen molar-refractivity contribution in [1.29, 1.82) is 0 Å².